The number of hydrogen-bond acceptors (Lipinski definition) is 9. The maximum atomic E-state index is 13.2. The number of amides is 2. The van der Waals surface area contributed by atoms with Gasteiger partial charge in [0.15, 0.2) is 11.6 Å². The Morgan fingerprint density at radius 2 is 2.06 bits per heavy atom. The number of nitriles is 1. The molecule has 14 heteroatoms. The first-order valence-electron chi connectivity index (χ1n) is 10.9. The number of nitrogens with zero attached hydrogens (tertiary/aromatic N) is 5. The molecule has 2 saturated heterocycles. The van der Waals surface area contributed by atoms with E-state index in [0.717, 1.165) is 0 Å². The van der Waals surface area contributed by atoms with Crippen molar-refractivity contribution >= 4 is 17.6 Å². The summed E-state index contributed by atoms with van der Waals surface area (Å²) in [4.78, 5) is 36.0. The fraction of sp³-hybridized carbons (Fsp3) is 0.650. The van der Waals surface area contributed by atoms with Crippen LogP contribution in [0.4, 0.5) is 19.0 Å². The average Bonchev–Trinajstić information content (AvgIpc) is 2.81. The number of hydrogen-bond donors (Lipinski definition) is 3. The lowest BCUT2D eigenvalue weighted by Crippen LogP contribution is -2.64. The molecule has 0 bridgehead atoms. The first-order valence-corrected chi connectivity index (χ1v) is 10.9. The average molecular weight is 484 g/mol. The van der Waals surface area contributed by atoms with E-state index in [1.165, 1.54) is 12.4 Å². The summed E-state index contributed by atoms with van der Waals surface area (Å²) in [5, 5.41) is 11.6. The predicted octanol–water partition coefficient (Wildman–Crippen LogP) is -0.437. The molecule has 3 rings (SSSR count). The molecule has 0 spiro atoms. The Bertz CT molecular complexity index is 885. The fourth-order valence-corrected chi connectivity index (χ4v) is 3.88. The van der Waals surface area contributed by atoms with Gasteiger partial charge in [0.1, 0.15) is 11.9 Å². The van der Waals surface area contributed by atoms with Gasteiger partial charge in [-0.3, -0.25) is 15.0 Å². The Morgan fingerprint density at radius 1 is 1.32 bits per heavy atom. The monoisotopic (exact) mass is 484 g/mol. The van der Waals surface area contributed by atoms with Gasteiger partial charge in [-0.15, -0.1) is 0 Å². The molecule has 2 aliphatic rings. The highest BCUT2D eigenvalue weighted by atomic mass is 19.4. The van der Waals surface area contributed by atoms with Gasteiger partial charge in [0.05, 0.1) is 32.0 Å². The van der Waals surface area contributed by atoms with E-state index in [2.05, 4.69) is 20.7 Å². The molecule has 186 valence electrons. The Hall–Kier alpha value is -3.02. The summed E-state index contributed by atoms with van der Waals surface area (Å²) < 4.78 is 45.1. The number of ether oxygens (including phenoxy) is 1. The third-order valence-corrected chi connectivity index (χ3v) is 5.61. The van der Waals surface area contributed by atoms with Crippen LogP contribution in [0.2, 0.25) is 0 Å². The molecule has 0 saturated carbocycles. The van der Waals surface area contributed by atoms with Crippen LogP contribution in [0.15, 0.2) is 12.4 Å². The normalized spacial score (nSPS) is 22.1. The number of carbonyl (C=O) groups excluding carboxylic acids is 2. The fourth-order valence-electron chi connectivity index (χ4n) is 3.88. The van der Waals surface area contributed by atoms with Crippen molar-refractivity contribution in [2.24, 2.45) is 5.92 Å². The van der Waals surface area contributed by atoms with E-state index in [1.54, 1.807) is 11.8 Å². The lowest BCUT2D eigenvalue weighted by Gasteiger charge is -2.35. The highest BCUT2D eigenvalue weighted by Gasteiger charge is 2.51. The van der Waals surface area contributed by atoms with E-state index in [0.29, 0.717) is 32.0 Å². The second-order valence-corrected chi connectivity index (χ2v) is 8.13. The number of nitrogens with one attached hydrogen (secondary N) is 3. The Labute approximate surface area is 194 Å². The van der Waals surface area contributed by atoms with Crippen molar-refractivity contribution in [3.63, 3.8) is 0 Å². The number of carbonyl (C=O) groups is 2. The lowest BCUT2D eigenvalue weighted by atomic mass is 9.96. The summed E-state index contributed by atoms with van der Waals surface area (Å²) in [5.41, 5.74) is 4.70. The van der Waals surface area contributed by atoms with E-state index in [4.69, 9.17) is 10.00 Å². The topological polar surface area (TPSA) is 136 Å². The van der Waals surface area contributed by atoms with E-state index >= 15 is 0 Å². The number of rotatable bonds is 8. The van der Waals surface area contributed by atoms with E-state index < -0.39 is 30.1 Å². The summed E-state index contributed by atoms with van der Waals surface area (Å²) in [7, 11) is 0. The molecular formula is C20H27F3N8O3. The first-order chi connectivity index (χ1) is 16.2. The standard InChI is InChI=1S/C20H27F3N8O3/c1-13(28-15-10-27-29-19(33)18(15)20(21,22)23)12-34-7-2-17(32)31-5-3-30(4-6-31)16-11-25-14(8-24)9-26-16/h9,11,13,15,18,27-28H,2-7,10,12H2,1H3,(H,29,33)/t13-,15?,18?/m0/s1. The van der Waals surface area contributed by atoms with E-state index in [-0.39, 0.29) is 37.8 Å². The van der Waals surface area contributed by atoms with Crippen LogP contribution in [0.5, 0.6) is 0 Å². The number of piperazine rings is 1. The van der Waals surface area contributed by atoms with Crippen LogP contribution in [-0.4, -0.2) is 90.9 Å². The van der Waals surface area contributed by atoms with Gasteiger partial charge in [-0.25, -0.2) is 15.4 Å². The van der Waals surface area contributed by atoms with E-state index in [1.807, 2.05) is 16.4 Å². The number of anilines is 1. The number of hydrazine groups is 1. The number of aromatic nitrogens is 2. The minimum atomic E-state index is -4.66. The third kappa shape index (κ3) is 6.75. The van der Waals surface area contributed by atoms with Crippen LogP contribution in [0, 0.1) is 17.2 Å². The van der Waals surface area contributed by atoms with Crippen molar-refractivity contribution in [2.75, 3.05) is 50.8 Å². The van der Waals surface area contributed by atoms with Crippen molar-refractivity contribution in [1.82, 2.24) is 31.0 Å². The maximum Gasteiger partial charge on any atom is 0.402 e. The molecule has 0 aliphatic carbocycles. The van der Waals surface area contributed by atoms with Gasteiger partial charge >= 0.3 is 6.18 Å². The molecule has 3 atom stereocenters. The van der Waals surface area contributed by atoms with Gasteiger partial charge in [-0.05, 0) is 6.92 Å². The lowest BCUT2D eigenvalue weighted by molar-refractivity contribution is -0.193. The second kappa shape index (κ2) is 11.4. The molecule has 1 aromatic heterocycles. The summed E-state index contributed by atoms with van der Waals surface area (Å²) in [6.45, 7) is 4.00. The zero-order valence-electron chi connectivity index (χ0n) is 18.6. The molecule has 2 fully saturated rings. The molecule has 2 unspecified atom stereocenters. The molecule has 11 nitrogen and oxygen atoms in total. The van der Waals surface area contributed by atoms with Crippen molar-refractivity contribution < 1.29 is 27.5 Å². The van der Waals surface area contributed by atoms with Crippen molar-refractivity contribution in [2.45, 2.75) is 31.6 Å². The van der Waals surface area contributed by atoms with E-state index in [9.17, 15) is 22.8 Å². The van der Waals surface area contributed by atoms with Crippen LogP contribution in [0.3, 0.4) is 0 Å². The van der Waals surface area contributed by atoms with Gasteiger partial charge in [-0.1, -0.05) is 0 Å². The number of alkyl halides is 3. The van der Waals surface area contributed by atoms with Crippen LogP contribution < -0.4 is 21.1 Å². The summed E-state index contributed by atoms with van der Waals surface area (Å²) in [6, 6.07) is 0.347. The predicted molar refractivity (Wildman–Crippen MR) is 113 cm³/mol. The highest BCUT2D eigenvalue weighted by molar-refractivity contribution is 5.80. The summed E-state index contributed by atoms with van der Waals surface area (Å²) in [6.07, 6.45) is -1.57. The highest BCUT2D eigenvalue weighted by Crippen LogP contribution is 2.30. The quantitative estimate of drug-likeness (QED) is 0.420. The molecule has 34 heavy (non-hydrogen) atoms. The maximum absolute atomic E-state index is 13.2. The minimum Gasteiger partial charge on any atom is -0.379 e. The minimum absolute atomic E-state index is 0.0707. The molecule has 3 heterocycles. The summed E-state index contributed by atoms with van der Waals surface area (Å²) in [5.74, 6) is -2.70. The molecular weight excluding hydrogens is 457 g/mol. The van der Waals surface area contributed by atoms with Gasteiger partial charge in [0.25, 0.3) is 0 Å². The SMILES string of the molecule is C[C@@H](COCCC(=O)N1CCN(c2cnc(C#N)cn2)CC1)NC1CNNC(=O)C1C(F)(F)F. The van der Waals surface area contributed by atoms with Gasteiger partial charge in [-0.2, -0.15) is 18.4 Å². The molecule has 1 aromatic rings. The smallest absolute Gasteiger partial charge is 0.379 e. The molecule has 0 aromatic carbocycles. The Morgan fingerprint density at radius 3 is 2.68 bits per heavy atom. The molecule has 2 amide bonds. The van der Waals surface area contributed by atoms with Crippen LogP contribution >= 0.6 is 0 Å². The zero-order valence-corrected chi connectivity index (χ0v) is 18.6. The summed E-state index contributed by atoms with van der Waals surface area (Å²) >= 11 is 0. The van der Waals surface area contributed by atoms with Crippen LogP contribution in [0.1, 0.15) is 19.0 Å². The third-order valence-electron chi connectivity index (χ3n) is 5.61. The Kier molecular flexibility index (Phi) is 8.59. The molecule has 3 N–H and O–H groups in total. The van der Waals surface area contributed by atoms with Crippen LogP contribution in [-0.2, 0) is 14.3 Å². The van der Waals surface area contributed by atoms with Crippen LogP contribution in [0.25, 0.3) is 0 Å². The van der Waals surface area contributed by atoms with Gasteiger partial charge < -0.3 is 19.9 Å². The van der Waals surface area contributed by atoms with Gasteiger partial charge in [0, 0.05) is 44.8 Å². The molecule has 2 aliphatic heterocycles. The van der Waals surface area contributed by atoms with Crippen molar-refractivity contribution in [3.8, 4) is 6.07 Å². The Balaban J connectivity index is 1.35. The largest absolute Gasteiger partial charge is 0.402 e. The first kappa shape index (κ1) is 25.6. The number of halogens is 3. The van der Waals surface area contributed by atoms with Gasteiger partial charge in [0.2, 0.25) is 11.8 Å². The van der Waals surface area contributed by atoms with Crippen molar-refractivity contribution in [3.05, 3.63) is 18.1 Å². The zero-order chi connectivity index (χ0) is 24.7. The second-order valence-electron chi connectivity index (χ2n) is 8.13. The molecule has 0 radical (unpaired) electrons. The van der Waals surface area contributed by atoms with Crippen molar-refractivity contribution in [1.29, 1.82) is 5.26 Å².